The Morgan fingerprint density at radius 2 is 2.21 bits per heavy atom. The maximum absolute atomic E-state index is 9.37. The SMILES string of the molecule is N[C@H](CC1CC1)c1ccc(O)c(I)c1. The number of phenols is 1. The number of aromatic hydroxyl groups is 1. The molecule has 0 radical (unpaired) electrons. The molecule has 1 fully saturated rings. The van der Waals surface area contributed by atoms with Crippen LogP contribution in [0.15, 0.2) is 18.2 Å². The molecule has 3 N–H and O–H groups in total. The molecule has 1 aliphatic rings. The molecule has 0 bridgehead atoms. The highest BCUT2D eigenvalue weighted by Crippen LogP contribution is 2.37. The standard InChI is InChI=1S/C11H14INO/c12-9-6-8(3-4-11(9)14)10(13)5-7-1-2-7/h3-4,6-7,10,14H,1-2,5,13H2/t10-/m1/s1. The summed E-state index contributed by atoms with van der Waals surface area (Å²) in [7, 11) is 0. The molecule has 1 aromatic rings. The Bertz CT molecular complexity index is 336. The van der Waals surface area contributed by atoms with Gasteiger partial charge >= 0.3 is 0 Å². The van der Waals surface area contributed by atoms with Crippen LogP contribution in [0.2, 0.25) is 0 Å². The number of benzene rings is 1. The lowest BCUT2D eigenvalue weighted by Crippen LogP contribution is -2.10. The van der Waals surface area contributed by atoms with Gasteiger partial charge in [-0.3, -0.25) is 0 Å². The summed E-state index contributed by atoms with van der Waals surface area (Å²) < 4.78 is 0.881. The van der Waals surface area contributed by atoms with E-state index in [1.807, 2.05) is 12.1 Å². The Hall–Kier alpha value is -0.290. The van der Waals surface area contributed by atoms with Gasteiger partial charge in [0.1, 0.15) is 5.75 Å². The molecule has 0 amide bonds. The molecule has 3 heteroatoms. The molecule has 1 aliphatic carbocycles. The molecule has 76 valence electrons. The summed E-state index contributed by atoms with van der Waals surface area (Å²) in [4.78, 5) is 0. The van der Waals surface area contributed by atoms with Crippen molar-refractivity contribution < 1.29 is 5.11 Å². The van der Waals surface area contributed by atoms with E-state index in [1.54, 1.807) is 6.07 Å². The molecule has 0 aliphatic heterocycles. The van der Waals surface area contributed by atoms with Crippen LogP contribution >= 0.6 is 22.6 Å². The zero-order chi connectivity index (χ0) is 10.1. The lowest BCUT2D eigenvalue weighted by Gasteiger charge is -2.12. The molecular formula is C11H14INO. The van der Waals surface area contributed by atoms with Crippen molar-refractivity contribution in [2.24, 2.45) is 11.7 Å². The van der Waals surface area contributed by atoms with Crippen LogP contribution in [0.5, 0.6) is 5.75 Å². The van der Waals surface area contributed by atoms with Gasteiger partial charge in [-0.05, 0) is 52.6 Å². The summed E-state index contributed by atoms with van der Waals surface area (Å²) >= 11 is 2.13. The van der Waals surface area contributed by atoms with Crippen LogP contribution in [-0.4, -0.2) is 5.11 Å². The highest BCUT2D eigenvalue weighted by atomic mass is 127. The molecule has 1 atom stereocenters. The normalized spacial score (nSPS) is 18.1. The van der Waals surface area contributed by atoms with Crippen LogP contribution in [0.4, 0.5) is 0 Å². The third-order valence-electron chi connectivity index (χ3n) is 2.68. The fourth-order valence-electron chi connectivity index (χ4n) is 1.60. The predicted octanol–water partition coefficient (Wildman–Crippen LogP) is 2.80. The largest absolute Gasteiger partial charge is 0.507 e. The molecule has 14 heavy (non-hydrogen) atoms. The Labute approximate surface area is 97.6 Å². The monoisotopic (exact) mass is 303 g/mol. The second-order valence-electron chi connectivity index (χ2n) is 4.00. The third kappa shape index (κ3) is 2.39. The maximum Gasteiger partial charge on any atom is 0.128 e. The van der Waals surface area contributed by atoms with Crippen molar-refractivity contribution in [3.05, 3.63) is 27.3 Å². The van der Waals surface area contributed by atoms with Gasteiger partial charge in [0.2, 0.25) is 0 Å². The van der Waals surface area contributed by atoms with Crippen LogP contribution in [0.3, 0.4) is 0 Å². The van der Waals surface area contributed by atoms with E-state index in [9.17, 15) is 5.11 Å². The van der Waals surface area contributed by atoms with Gasteiger partial charge in [0.25, 0.3) is 0 Å². The van der Waals surface area contributed by atoms with E-state index in [-0.39, 0.29) is 6.04 Å². The van der Waals surface area contributed by atoms with E-state index < -0.39 is 0 Å². The van der Waals surface area contributed by atoms with E-state index in [0.29, 0.717) is 5.75 Å². The van der Waals surface area contributed by atoms with Gasteiger partial charge in [-0.1, -0.05) is 18.9 Å². The van der Waals surface area contributed by atoms with E-state index in [2.05, 4.69) is 22.6 Å². The number of nitrogens with two attached hydrogens (primary N) is 1. The minimum Gasteiger partial charge on any atom is -0.507 e. The van der Waals surface area contributed by atoms with Crippen molar-refractivity contribution >= 4 is 22.6 Å². The molecule has 0 spiro atoms. The zero-order valence-electron chi connectivity index (χ0n) is 7.91. The first-order valence-corrected chi connectivity index (χ1v) is 5.98. The fourth-order valence-corrected chi connectivity index (χ4v) is 2.14. The van der Waals surface area contributed by atoms with Crippen molar-refractivity contribution in [3.63, 3.8) is 0 Å². The Balaban J connectivity index is 2.10. The number of halogens is 1. The van der Waals surface area contributed by atoms with Crippen molar-refractivity contribution in [3.8, 4) is 5.75 Å². The maximum atomic E-state index is 9.37. The predicted molar refractivity (Wildman–Crippen MR) is 65.1 cm³/mol. The fraction of sp³-hybridized carbons (Fsp3) is 0.455. The first-order valence-electron chi connectivity index (χ1n) is 4.91. The average Bonchev–Trinajstić information content (AvgIpc) is 2.93. The summed E-state index contributed by atoms with van der Waals surface area (Å²) in [6.07, 6.45) is 3.76. The van der Waals surface area contributed by atoms with Gasteiger partial charge in [-0.15, -0.1) is 0 Å². The van der Waals surface area contributed by atoms with Crippen LogP contribution in [0, 0.1) is 9.49 Å². The molecule has 2 nitrogen and oxygen atoms in total. The van der Waals surface area contributed by atoms with E-state index in [0.717, 1.165) is 21.5 Å². The third-order valence-corrected chi connectivity index (χ3v) is 3.55. The molecule has 0 unspecified atom stereocenters. The van der Waals surface area contributed by atoms with Crippen LogP contribution in [-0.2, 0) is 0 Å². The Morgan fingerprint density at radius 1 is 1.50 bits per heavy atom. The van der Waals surface area contributed by atoms with Crippen LogP contribution < -0.4 is 5.73 Å². The zero-order valence-corrected chi connectivity index (χ0v) is 10.1. The second-order valence-corrected chi connectivity index (χ2v) is 5.16. The average molecular weight is 303 g/mol. The topological polar surface area (TPSA) is 46.2 Å². The summed E-state index contributed by atoms with van der Waals surface area (Å²) in [6.45, 7) is 0. The van der Waals surface area contributed by atoms with E-state index >= 15 is 0 Å². The Kier molecular flexibility index (Phi) is 2.97. The first-order chi connectivity index (χ1) is 6.66. The molecule has 2 rings (SSSR count). The lowest BCUT2D eigenvalue weighted by atomic mass is 10.0. The van der Waals surface area contributed by atoms with Crippen molar-refractivity contribution in [2.45, 2.75) is 25.3 Å². The van der Waals surface area contributed by atoms with Gasteiger partial charge < -0.3 is 10.8 Å². The summed E-state index contributed by atoms with van der Waals surface area (Å²) in [5.74, 6) is 1.18. The van der Waals surface area contributed by atoms with Gasteiger partial charge in [0.15, 0.2) is 0 Å². The Morgan fingerprint density at radius 3 is 2.79 bits per heavy atom. The van der Waals surface area contributed by atoms with Gasteiger partial charge in [-0.25, -0.2) is 0 Å². The minimum absolute atomic E-state index is 0.136. The van der Waals surface area contributed by atoms with E-state index in [4.69, 9.17) is 5.73 Å². The highest BCUT2D eigenvalue weighted by molar-refractivity contribution is 14.1. The number of phenolic OH excluding ortho intramolecular Hbond substituents is 1. The molecular weight excluding hydrogens is 289 g/mol. The smallest absolute Gasteiger partial charge is 0.128 e. The molecule has 0 saturated heterocycles. The van der Waals surface area contributed by atoms with Gasteiger partial charge in [0, 0.05) is 6.04 Å². The van der Waals surface area contributed by atoms with Crippen LogP contribution in [0.1, 0.15) is 30.9 Å². The molecule has 1 saturated carbocycles. The van der Waals surface area contributed by atoms with Crippen LogP contribution in [0.25, 0.3) is 0 Å². The first kappa shape index (κ1) is 10.2. The summed E-state index contributed by atoms with van der Waals surface area (Å²) in [6, 6.07) is 5.76. The number of hydrogen-bond acceptors (Lipinski definition) is 2. The van der Waals surface area contributed by atoms with E-state index in [1.165, 1.54) is 12.8 Å². The van der Waals surface area contributed by atoms with Crippen molar-refractivity contribution in [1.82, 2.24) is 0 Å². The quantitative estimate of drug-likeness (QED) is 0.844. The molecule has 1 aromatic carbocycles. The van der Waals surface area contributed by atoms with Crippen molar-refractivity contribution in [1.29, 1.82) is 0 Å². The highest BCUT2D eigenvalue weighted by Gasteiger charge is 2.24. The van der Waals surface area contributed by atoms with Crippen molar-refractivity contribution in [2.75, 3.05) is 0 Å². The number of rotatable bonds is 3. The van der Waals surface area contributed by atoms with Gasteiger partial charge in [-0.2, -0.15) is 0 Å². The summed E-state index contributed by atoms with van der Waals surface area (Å²) in [5.41, 5.74) is 7.21. The summed E-state index contributed by atoms with van der Waals surface area (Å²) in [5, 5.41) is 9.37. The minimum atomic E-state index is 0.136. The van der Waals surface area contributed by atoms with Gasteiger partial charge in [0.05, 0.1) is 3.57 Å². The lowest BCUT2D eigenvalue weighted by molar-refractivity contribution is 0.470. The molecule has 0 aromatic heterocycles. The molecule has 0 heterocycles. The second kappa shape index (κ2) is 4.06. The number of hydrogen-bond donors (Lipinski definition) is 2.